The van der Waals surface area contributed by atoms with E-state index in [2.05, 4.69) is 5.32 Å². The summed E-state index contributed by atoms with van der Waals surface area (Å²) < 4.78 is 13.6. The second-order valence-corrected chi connectivity index (χ2v) is 9.91. The molecule has 3 aromatic rings. The van der Waals surface area contributed by atoms with Crippen molar-refractivity contribution in [1.82, 2.24) is 15.1 Å². The number of rotatable bonds is 13. The van der Waals surface area contributed by atoms with Crippen molar-refractivity contribution in [2.75, 3.05) is 13.1 Å². The third-order valence-corrected chi connectivity index (χ3v) is 7.02. The molecule has 1 N–H and O–H groups in total. The minimum atomic E-state index is -0.795. The number of unbranched alkanes of at least 4 members (excludes halogenated alkanes) is 1. The Morgan fingerprint density at radius 1 is 0.850 bits per heavy atom. The number of nitrogens with one attached hydrogen (secondary N) is 1. The molecule has 0 saturated carbocycles. The second-order valence-electron chi connectivity index (χ2n) is 9.91. The van der Waals surface area contributed by atoms with Crippen molar-refractivity contribution in [2.24, 2.45) is 0 Å². The molecule has 0 unspecified atom stereocenters. The Balaban J connectivity index is 1.53. The molecule has 0 aliphatic carbocycles. The van der Waals surface area contributed by atoms with E-state index in [9.17, 15) is 23.6 Å². The average Bonchev–Trinajstić information content (AvgIpc) is 3.21. The molecule has 1 aliphatic heterocycles. The van der Waals surface area contributed by atoms with Gasteiger partial charge in [0.2, 0.25) is 11.8 Å². The van der Waals surface area contributed by atoms with Gasteiger partial charge in [0, 0.05) is 32.5 Å². The summed E-state index contributed by atoms with van der Waals surface area (Å²) in [7, 11) is 0. The molecule has 1 aliphatic rings. The minimum absolute atomic E-state index is 0.0299. The van der Waals surface area contributed by atoms with E-state index in [-0.39, 0.29) is 55.4 Å². The molecular formula is C32H34FN3O4. The van der Waals surface area contributed by atoms with E-state index < -0.39 is 6.04 Å². The van der Waals surface area contributed by atoms with Crippen LogP contribution < -0.4 is 5.32 Å². The van der Waals surface area contributed by atoms with Gasteiger partial charge in [-0.25, -0.2) is 4.39 Å². The quantitative estimate of drug-likeness (QED) is 0.249. The molecule has 4 amide bonds. The SMILES string of the molecule is CCCCNC(=O)[C@H](Cc1ccccc1)N(Cc1ccc(F)cc1)C(=O)CCCN1C(=O)c2ccccc2C1=O. The summed E-state index contributed by atoms with van der Waals surface area (Å²) in [6, 6.07) is 21.2. The molecule has 1 atom stereocenters. The van der Waals surface area contributed by atoms with Gasteiger partial charge in [0.1, 0.15) is 11.9 Å². The number of fused-ring (bicyclic) bond motifs is 1. The lowest BCUT2D eigenvalue weighted by Gasteiger charge is -2.32. The van der Waals surface area contributed by atoms with Gasteiger partial charge in [-0.15, -0.1) is 0 Å². The molecule has 0 radical (unpaired) electrons. The van der Waals surface area contributed by atoms with E-state index >= 15 is 0 Å². The van der Waals surface area contributed by atoms with E-state index in [1.54, 1.807) is 36.4 Å². The first-order chi connectivity index (χ1) is 19.4. The van der Waals surface area contributed by atoms with Crippen LogP contribution in [0.1, 0.15) is 64.4 Å². The maximum Gasteiger partial charge on any atom is 0.261 e. The number of benzene rings is 3. The molecule has 8 heteroatoms. The number of amides is 4. The summed E-state index contributed by atoms with van der Waals surface area (Å²) >= 11 is 0. The number of nitrogens with zero attached hydrogens (tertiary/aromatic N) is 2. The van der Waals surface area contributed by atoms with Crippen LogP contribution in [-0.4, -0.2) is 52.6 Å². The fourth-order valence-electron chi connectivity index (χ4n) is 4.82. The number of halogens is 1. The number of imide groups is 1. The predicted octanol–water partition coefficient (Wildman–Crippen LogP) is 4.76. The number of carbonyl (C=O) groups is 4. The Bertz CT molecular complexity index is 1310. The van der Waals surface area contributed by atoms with Crippen molar-refractivity contribution < 1.29 is 23.6 Å². The zero-order valence-electron chi connectivity index (χ0n) is 22.6. The normalized spacial score (nSPS) is 13.2. The van der Waals surface area contributed by atoms with Gasteiger partial charge in [-0.3, -0.25) is 24.1 Å². The first kappa shape index (κ1) is 28.7. The van der Waals surface area contributed by atoms with Crippen LogP contribution in [0.3, 0.4) is 0 Å². The molecule has 0 aromatic heterocycles. The molecule has 1 heterocycles. The lowest BCUT2D eigenvalue weighted by Crippen LogP contribution is -2.50. The van der Waals surface area contributed by atoms with Crippen LogP contribution in [0, 0.1) is 5.82 Å². The topological polar surface area (TPSA) is 86.8 Å². The van der Waals surface area contributed by atoms with E-state index in [0.29, 0.717) is 29.7 Å². The van der Waals surface area contributed by atoms with Crippen molar-refractivity contribution in [2.45, 2.75) is 51.6 Å². The van der Waals surface area contributed by atoms with Gasteiger partial charge in [0.05, 0.1) is 11.1 Å². The first-order valence-corrected chi connectivity index (χ1v) is 13.7. The monoisotopic (exact) mass is 543 g/mol. The molecule has 4 rings (SSSR count). The summed E-state index contributed by atoms with van der Waals surface area (Å²) in [4.78, 5) is 55.3. The van der Waals surface area contributed by atoms with Crippen LogP contribution >= 0.6 is 0 Å². The van der Waals surface area contributed by atoms with Gasteiger partial charge < -0.3 is 10.2 Å². The van der Waals surface area contributed by atoms with E-state index in [0.717, 1.165) is 18.4 Å². The molecule has 40 heavy (non-hydrogen) atoms. The summed E-state index contributed by atoms with van der Waals surface area (Å²) in [5.74, 6) is -1.66. The van der Waals surface area contributed by atoms with E-state index in [1.165, 1.54) is 21.9 Å². The first-order valence-electron chi connectivity index (χ1n) is 13.7. The summed E-state index contributed by atoms with van der Waals surface area (Å²) in [6.07, 6.45) is 2.32. The Kier molecular flexibility index (Phi) is 9.78. The van der Waals surface area contributed by atoms with Crippen LogP contribution in [0.4, 0.5) is 4.39 Å². The van der Waals surface area contributed by atoms with Crippen molar-refractivity contribution in [3.8, 4) is 0 Å². The number of hydrogen-bond acceptors (Lipinski definition) is 4. The number of carbonyl (C=O) groups excluding carboxylic acids is 4. The Morgan fingerprint density at radius 2 is 1.48 bits per heavy atom. The standard InChI is InChI=1S/C32H34FN3O4/c1-2-3-19-34-30(38)28(21-23-10-5-4-6-11-23)36(22-24-15-17-25(33)18-16-24)29(37)14-9-20-35-31(39)26-12-7-8-13-27(26)32(35)40/h4-8,10-13,15-18,28H,2-3,9,14,19-22H2,1H3,(H,34,38)/t28-/m0/s1. The minimum Gasteiger partial charge on any atom is -0.354 e. The average molecular weight is 544 g/mol. The van der Waals surface area contributed by atoms with Crippen LogP contribution in [0.5, 0.6) is 0 Å². The van der Waals surface area contributed by atoms with Crippen LogP contribution in [0.2, 0.25) is 0 Å². The molecule has 3 aromatic carbocycles. The van der Waals surface area contributed by atoms with Crippen molar-refractivity contribution in [3.63, 3.8) is 0 Å². The lowest BCUT2D eigenvalue weighted by atomic mass is 10.0. The smallest absolute Gasteiger partial charge is 0.261 e. The highest BCUT2D eigenvalue weighted by Gasteiger charge is 2.35. The summed E-state index contributed by atoms with van der Waals surface area (Å²) in [6.45, 7) is 2.74. The summed E-state index contributed by atoms with van der Waals surface area (Å²) in [5, 5.41) is 2.97. The van der Waals surface area contributed by atoms with Crippen LogP contribution in [0.25, 0.3) is 0 Å². The van der Waals surface area contributed by atoms with Gasteiger partial charge in [-0.2, -0.15) is 0 Å². The fraction of sp³-hybridized carbons (Fsp3) is 0.312. The van der Waals surface area contributed by atoms with Crippen molar-refractivity contribution in [1.29, 1.82) is 0 Å². The lowest BCUT2D eigenvalue weighted by molar-refractivity contribution is -0.141. The Labute approximate surface area is 234 Å². The molecule has 0 spiro atoms. The van der Waals surface area contributed by atoms with Crippen LogP contribution in [0.15, 0.2) is 78.9 Å². The molecule has 208 valence electrons. The number of hydrogen-bond donors (Lipinski definition) is 1. The Morgan fingerprint density at radius 3 is 2.10 bits per heavy atom. The fourth-order valence-corrected chi connectivity index (χ4v) is 4.82. The van der Waals surface area contributed by atoms with E-state index in [4.69, 9.17) is 0 Å². The third-order valence-electron chi connectivity index (χ3n) is 7.02. The largest absolute Gasteiger partial charge is 0.354 e. The molecule has 0 saturated heterocycles. The molecule has 7 nitrogen and oxygen atoms in total. The zero-order chi connectivity index (χ0) is 28.5. The van der Waals surface area contributed by atoms with Gasteiger partial charge in [0.15, 0.2) is 0 Å². The Hall–Kier alpha value is -4.33. The second kappa shape index (κ2) is 13.6. The van der Waals surface area contributed by atoms with Gasteiger partial charge in [0.25, 0.3) is 11.8 Å². The molecular weight excluding hydrogens is 509 g/mol. The highest BCUT2D eigenvalue weighted by Crippen LogP contribution is 2.23. The highest BCUT2D eigenvalue weighted by molar-refractivity contribution is 6.21. The summed E-state index contributed by atoms with van der Waals surface area (Å²) in [5.41, 5.74) is 2.32. The predicted molar refractivity (Wildman–Crippen MR) is 150 cm³/mol. The maximum absolute atomic E-state index is 13.7. The molecule has 0 fully saturated rings. The van der Waals surface area contributed by atoms with Gasteiger partial charge in [-0.05, 0) is 48.2 Å². The highest BCUT2D eigenvalue weighted by atomic mass is 19.1. The maximum atomic E-state index is 13.7. The third kappa shape index (κ3) is 7.00. The van der Waals surface area contributed by atoms with Crippen LogP contribution in [-0.2, 0) is 22.6 Å². The van der Waals surface area contributed by atoms with Crippen molar-refractivity contribution in [3.05, 3.63) is 107 Å². The van der Waals surface area contributed by atoms with E-state index in [1.807, 2.05) is 37.3 Å². The van der Waals surface area contributed by atoms with Gasteiger partial charge in [-0.1, -0.05) is 67.9 Å². The van der Waals surface area contributed by atoms with Gasteiger partial charge >= 0.3 is 0 Å². The molecule has 0 bridgehead atoms. The zero-order valence-corrected chi connectivity index (χ0v) is 22.6. The van der Waals surface area contributed by atoms with Crippen molar-refractivity contribution >= 4 is 23.6 Å².